The van der Waals surface area contributed by atoms with Crippen molar-refractivity contribution in [2.45, 2.75) is 25.9 Å². The number of methoxy groups -OCH3 is 1. The number of Topliss-reactive ketones (excluding diaryl/α,β-unsaturated/α-hetero) is 1. The van der Waals surface area contributed by atoms with Crippen LogP contribution in [0.25, 0.3) is 0 Å². The third-order valence-corrected chi connectivity index (χ3v) is 3.39. The number of ether oxygens (including phenoxy) is 1. The Morgan fingerprint density at radius 3 is 2.67 bits per heavy atom. The van der Waals surface area contributed by atoms with Crippen LogP contribution in [0.4, 0.5) is 0 Å². The van der Waals surface area contributed by atoms with Crippen molar-refractivity contribution in [3.8, 4) is 5.75 Å². The summed E-state index contributed by atoms with van der Waals surface area (Å²) >= 11 is 0. The largest absolute Gasteiger partial charge is 0.496 e. The van der Waals surface area contributed by atoms with Crippen molar-refractivity contribution in [2.24, 2.45) is 5.73 Å². The molecule has 1 aliphatic heterocycles. The lowest BCUT2D eigenvalue weighted by Crippen LogP contribution is -2.33. The second-order valence-corrected chi connectivity index (χ2v) is 4.67. The van der Waals surface area contributed by atoms with Crippen LogP contribution in [-0.4, -0.2) is 30.9 Å². The van der Waals surface area contributed by atoms with Crippen LogP contribution < -0.4 is 10.5 Å². The highest BCUT2D eigenvalue weighted by atomic mass is 16.5. The van der Waals surface area contributed by atoms with Gasteiger partial charge >= 0.3 is 0 Å². The molecule has 0 spiro atoms. The first kappa shape index (κ1) is 13.1. The first-order valence-corrected chi connectivity index (χ1v) is 6.33. The standard InChI is InChI=1S/C14H20N2O2/c1-18-14-8-11(2-3-12(14)9-15)10-16-6-4-13(17)5-7-16/h2-3,8H,4-7,9-10,15H2,1H3. The fraction of sp³-hybridized carbons (Fsp3) is 0.500. The number of hydrogen-bond donors (Lipinski definition) is 1. The van der Waals surface area contributed by atoms with Gasteiger partial charge in [0.2, 0.25) is 0 Å². The molecule has 2 rings (SSSR count). The van der Waals surface area contributed by atoms with E-state index in [0.717, 1.165) is 30.9 Å². The van der Waals surface area contributed by atoms with Crippen LogP contribution >= 0.6 is 0 Å². The van der Waals surface area contributed by atoms with Gasteiger partial charge in [0.05, 0.1) is 7.11 Å². The number of nitrogens with two attached hydrogens (primary N) is 1. The molecule has 0 aliphatic carbocycles. The normalized spacial score (nSPS) is 16.9. The summed E-state index contributed by atoms with van der Waals surface area (Å²) in [5.74, 6) is 1.23. The Kier molecular flexibility index (Phi) is 4.33. The molecule has 1 aromatic rings. The van der Waals surface area contributed by atoms with Gasteiger partial charge in [-0.2, -0.15) is 0 Å². The summed E-state index contributed by atoms with van der Waals surface area (Å²) in [6.07, 6.45) is 1.36. The molecule has 18 heavy (non-hydrogen) atoms. The van der Waals surface area contributed by atoms with Crippen LogP contribution in [0, 0.1) is 0 Å². The fourth-order valence-corrected chi connectivity index (χ4v) is 2.27. The number of carbonyl (C=O) groups excluding carboxylic acids is 1. The molecule has 1 heterocycles. The SMILES string of the molecule is COc1cc(CN2CCC(=O)CC2)ccc1CN. The lowest BCUT2D eigenvalue weighted by Gasteiger charge is -2.26. The summed E-state index contributed by atoms with van der Waals surface area (Å²) in [4.78, 5) is 13.5. The zero-order chi connectivity index (χ0) is 13.0. The van der Waals surface area contributed by atoms with Gasteiger partial charge in [0.15, 0.2) is 0 Å². The van der Waals surface area contributed by atoms with Crippen molar-refractivity contribution in [3.63, 3.8) is 0 Å². The molecule has 0 amide bonds. The first-order chi connectivity index (χ1) is 8.72. The van der Waals surface area contributed by atoms with Crippen molar-refractivity contribution >= 4 is 5.78 Å². The number of nitrogens with zero attached hydrogens (tertiary/aromatic N) is 1. The average molecular weight is 248 g/mol. The maximum Gasteiger partial charge on any atom is 0.135 e. The third kappa shape index (κ3) is 3.09. The minimum absolute atomic E-state index is 0.377. The van der Waals surface area contributed by atoms with E-state index in [4.69, 9.17) is 10.5 Å². The van der Waals surface area contributed by atoms with E-state index in [1.807, 2.05) is 12.1 Å². The lowest BCUT2D eigenvalue weighted by atomic mass is 10.1. The van der Waals surface area contributed by atoms with Gasteiger partial charge in [-0.3, -0.25) is 9.69 Å². The zero-order valence-corrected chi connectivity index (χ0v) is 10.8. The van der Waals surface area contributed by atoms with Gasteiger partial charge in [-0.15, -0.1) is 0 Å². The van der Waals surface area contributed by atoms with E-state index in [9.17, 15) is 4.79 Å². The van der Waals surface area contributed by atoms with Crippen molar-refractivity contribution in [2.75, 3.05) is 20.2 Å². The summed E-state index contributed by atoms with van der Waals surface area (Å²) in [7, 11) is 1.66. The van der Waals surface area contributed by atoms with E-state index >= 15 is 0 Å². The third-order valence-electron chi connectivity index (χ3n) is 3.39. The number of rotatable bonds is 4. The predicted molar refractivity (Wildman–Crippen MR) is 70.4 cm³/mol. The molecular formula is C14H20N2O2. The molecule has 0 aromatic heterocycles. The van der Waals surface area contributed by atoms with E-state index in [2.05, 4.69) is 11.0 Å². The molecule has 4 heteroatoms. The molecule has 0 saturated carbocycles. The van der Waals surface area contributed by atoms with Crippen molar-refractivity contribution in [1.29, 1.82) is 0 Å². The van der Waals surface area contributed by atoms with E-state index < -0.39 is 0 Å². The fourth-order valence-electron chi connectivity index (χ4n) is 2.27. The molecule has 1 saturated heterocycles. The molecule has 1 fully saturated rings. The van der Waals surface area contributed by atoms with E-state index in [0.29, 0.717) is 25.2 Å². The van der Waals surface area contributed by atoms with Crippen LogP contribution in [-0.2, 0) is 17.9 Å². The Bertz CT molecular complexity index is 422. The second-order valence-electron chi connectivity index (χ2n) is 4.67. The minimum Gasteiger partial charge on any atom is -0.496 e. The summed E-state index contributed by atoms with van der Waals surface area (Å²) in [5, 5.41) is 0. The summed E-state index contributed by atoms with van der Waals surface area (Å²) in [6, 6.07) is 6.14. The monoisotopic (exact) mass is 248 g/mol. The first-order valence-electron chi connectivity index (χ1n) is 6.33. The molecule has 0 unspecified atom stereocenters. The number of ketones is 1. The van der Waals surface area contributed by atoms with Gasteiger partial charge < -0.3 is 10.5 Å². The molecule has 0 radical (unpaired) electrons. The number of hydrogen-bond acceptors (Lipinski definition) is 4. The quantitative estimate of drug-likeness (QED) is 0.873. The Morgan fingerprint density at radius 1 is 1.33 bits per heavy atom. The summed E-state index contributed by atoms with van der Waals surface area (Å²) in [5.41, 5.74) is 7.88. The van der Waals surface area contributed by atoms with Crippen LogP contribution in [0.15, 0.2) is 18.2 Å². The minimum atomic E-state index is 0.377. The maximum absolute atomic E-state index is 11.2. The van der Waals surface area contributed by atoms with E-state index in [1.165, 1.54) is 5.56 Å². The van der Waals surface area contributed by atoms with Crippen molar-refractivity contribution < 1.29 is 9.53 Å². The van der Waals surface area contributed by atoms with Gasteiger partial charge in [-0.1, -0.05) is 12.1 Å². The molecule has 0 atom stereocenters. The summed E-state index contributed by atoms with van der Waals surface area (Å²) in [6.45, 7) is 3.08. The van der Waals surface area contributed by atoms with Crippen LogP contribution in [0.5, 0.6) is 5.75 Å². The number of benzene rings is 1. The molecule has 0 bridgehead atoms. The molecule has 1 aromatic carbocycles. The second kappa shape index (κ2) is 5.98. The van der Waals surface area contributed by atoms with E-state index in [1.54, 1.807) is 7.11 Å². The predicted octanol–water partition coefficient (Wildman–Crippen LogP) is 1.32. The van der Waals surface area contributed by atoms with Gasteiger partial charge in [0.1, 0.15) is 11.5 Å². The number of likely N-dealkylation sites (tertiary alicyclic amines) is 1. The number of piperidine rings is 1. The highest BCUT2D eigenvalue weighted by Gasteiger charge is 2.16. The average Bonchev–Trinajstić information content (AvgIpc) is 2.41. The maximum atomic E-state index is 11.2. The Labute approximate surface area is 108 Å². The number of carbonyl (C=O) groups is 1. The van der Waals surface area contributed by atoms with Gasteiger partial charge in [0.25, 0.3) is 0 Å². The Hall–Kier alpha value is -1.39. The smallest absolute Gasteiger partial charge is 0.135 e. The van der Waals surface area contributed by atoms with Gasteiger partial charge in [-0.25, -0.2) is 0 Å². The molecule has 98 valence electrons. The lowest BCUT2D eigenvalue weighted by molar-refractivity contribution is -0.121. The Balaban J connectivity index is 2.03. The van der Waals surface area contributed by atoms with Gasteiger partial charge in [-0.05, 0) is 11.6 Å². The van der Waals surface area contributed by atoms with Crippen molar-refractivity contribution in [3.05, 3.63) is 29.3 Å². The summed E-state index contributed by atoms with van der Waals surface area (Å²) < 4.78 is 5.33. The molecular weight excluding hydrogens is 228 g/mol. The van der Waals surface area contributed by atoms with Crippen LogP contribution in [0.3, 0.4) is 0 Å². The van der Waals surface area contributed by atoms with Crippen molar-refractivity contribution in [1.82, 2.24) is 4.90 Å². The topological polar surface area (TPSA) is 55.6 Å². The molecule has 4 nitrogen and oxygen atoms in total. The highest BCUT2D eigenvalue weighted by molar-refractivity contribution is 5.79. The Morgan fingerprint density at radius 2 is 2.06 bits per heavy atom. The molecule has 1 aliphatic rings. The molecule has 2 N–H and O–H groups in total. The zero-order valence-electron chi connectivity index (χ0n) is 10.8. The van der Waals surface area contributed by atoms with Gasteiger partial charge in [0, 0.05) is 44.6 Å². The highest BCUT2D eigenvalue weighted by Crippen LogP contribution is 2.21. The van der Waals surface area contributed by atoms with E-state index in [-0.39, 0.29) is 0 Å². The van der Waals surface area contributed by atoms with Crippen LogP contribution in [0.2, 0.25) is 0 Å². The van der Waals surface area contributed by atoms with Crippen LogP contribution in [0.1, 0.15) is 24.0 Å².